The van der Waals surface area contributed by atoms with Gasteiger partial charge < -0.3 is 19.9 Å². The maximum atomic E-state index is 12.3. The van der Waals surface area contributed by atoms with Crippen LogP contribution in [0.25, 0.3) is 0 Å². The van der Waals surface area contributed by atoms with Crippen molar-refractivity contribution < 1.29 is 9.53 Å². The van der Waals surface area contributed by atoms with Crippen molar-refractivity contribution in [3.05, 3.63) is 18.1 Å². The van der Waals surface area contributed by atoms with Gasteiger partial charge >= 0.3 is 6.03 Å². The van der Waals surface area contributed by atoms with Crippen molar-refractivity contribution in [1.82, 2.24) is 20.2 Å². The van der Waals surface area contributed by atoms with Gasteiger partial charge in [-0.3, -0.25) is 0 Å². The summed E-state index contributed by atoms with van der Waals surface area (Å²) in [7, 11) is 2.07. The first-order valence-corrected chi connectivity index (χ1v) is 8.79. The summed E-state index contributed by atoms with van der Waals surface area (Å²) in [6, 6.07) is 2.44. The first-order valence-electron chi connectivity index (χ1n) is 8.79. The molecule has 2 amide bonds. The molecule has 2 aliphatic heterocycles. The second-order valence-corrected chi connectivity index (χ2v) is 6.67. The fraction of sp³-hybridized carbons (Fsp3) is 0.706. The van der Waals surface area contributed by atoms with E-state index >= 15 is 0 Å². The van der Waals surface area contributed by atoms with Gasteiger partial charge in [0, 0.05) is 51.1 Å². The normalized spacial score (nSPS) is 21.8. The lowest BCUT2D eigenvalue weighted by Crippen LogP contribution is -2.50. The number of rotatable bonds is 4. The summed E-state index contributed by atoms with van der Waals surface area (Å²) >= 11 is 0. The van der Waals surface area contributed by atoms with Gasteiger partial charge in [0.05, 0.1) is 6.10 Å². The molecule has 3 heterocycles. The lowest BCUT2D eigenvalue weighted by molar-refractivity contribution is 0.108. The van der Waals surface area contributed by atoms with E-state index in [1.54, 1.807) is 6.33 Å². The van der Waals surface area contributed by atoms with Gasteiger partial charge in [0.25, 0.3) is 0 Å². The Balaban J connectivity index is 1.45. The maximum Gasteiger partial charge on any atom is 0.317 e. The smallest absolute Gasteiger partial charge is 0.317 e. The number of piperidine rings is 1. The lowest BCUT2D eigenvalue weighted by Gasteiger charge is -2.37. The Bertz CT molecular complexity index is 554. The predicted molar refractivity (Wildman–Crippen MR) is 92.1 cm³/mol. The minimum absolute atomic E-state index is 0.0319. The van der Waals surface area contributed by atoms with E-state index < -0.39 is 0 Å². The summed E-state index contributed by atoms with van der Waals surface area (Å²) in [5, 5.41) is 3.01. The molecule has 1 atom stereocenters. The molecule has 2 aliphatic rings. The number of aryl methyl sites for hydroxylation is 1. The molecule has 0 bridgehead atoms. The summed E-state index contributed by atoms with van der Waals surface area (Å²) < 4.78 is 5.55. The Morgan fingerprint density at radius 1 is 1.38 bits per heavy atom. The number of hydrogen-bond donors (Lipinski definition) is 1. The Hall–Kier alpha value is -1.89. The zero-order valence-corrected chi connectivity index (χ0v) is 14.6. The third-order valence-electron chi connectivity index (χ3n) is 4.96. The van der Waals surface area contributed by atoms with Crippen molar-refractivity contribution >= 4 is 11.8 Å². The molecule has 1 N–H and O–H groups in total. The van der Waals surface area contributed by atoms with Gasteiger partial charge in [-0.05, 0) is 32.6 Å². The summed E-state index contributed by atoms with van der Waals surface area (Å²) in [4.78, 5) is 24.9. The van der Waals surface area contributed by atoms with Crippen molar-refractivity contribution in [2.24, 2.45) is 0 Å². The number of aromatic nitrogens is 2. The van der Waals surface area contributed by atoms with Gasteiger partial charge in [-0.25, -0.2) is 14.8 Å². The minimum atomic E-state index is 0.0319. The number of urea groups is 1. The minimum Gasteiger partial charge on any atom is -0.376 e. The number of hydrogen-bond acceptors (Lipinski definition) is 5. The van der Waals surface area contributed by atoms with Crippen LogP contribution in [0, 0.1) is 6.92 Å². The molecule has 0 aliphatic carbocycles. The number of anilines is 1. The van der Waals surface area contributed by atoms with E-state index in [-0.39, 0.29) is 12.1 Å². The van der Waals surface area contributed by atoms with Gasteiger partial charge in [-0.2, -0.15) is 0 Å². The molecule has 0 radical (unpaired) electrons. The SMILES string of the molecule is Cc1cc(N(C)C2CCN(C(=O)NCC3CCCO3)CC2)ncn1. The maximum absolute atomic E-state index is 12.3. The third-order valence-corrected chi connectivity index (χ3v) is 4.96. The Labute approximate surface area is 143 Å². The molecule has 132 valence electrons. The largest absolute Gasteiger partial charge is 0.376 e. The number of likely N-dealkylation sites (tertiary alicyclic amines) is 1. The molecule has 2 fully saturated rings. The fourth-order valence-electron chi connectivity index (χ4n) is 3.39. The van der Waals surface area contributed by atoms with Crippen LogP contribution in [0.2, 0.25) is 0 Å². The number of nitrogens with one attached hydrogen (secondary N) is 1. The van der Waals surface area contributed by atoms with Crippen LogP contribution < -0.4 is 10.2 Å². The predicted octanol–water partition coefficient (Wildman–Crippen LogP) is 1.57. The first-order chi connectivity index (χ1) is 11.6. The van der Waals surface area contributed by atoms with Crippen LogP contribution in [0.5, 0.6) is 0 Å². The van der Waals surface area contributed by atoms with E-state index in [9.17, 15) is 4.79 Å². The Morgan fingerprint density at radius 2 is 2.17 bits per heavy atom. The average molecular weight is 333 g/mol. The van der Waals surface area contributed by atoms with Crippen molar-refractivity contribution in [3.63, 3.8) is 0 Å². The molecule has 2 saturated heterocycles. The zero-order valence-electron chi connectivity index (χ0n) is 14.6. The van der Waals surface area contributed by atoms with Crippen LogP contribution in [0.1, 0.15) is 31.4 Å². The number of amides is 2. The van der Waals surface area contributed by atoms with E-state index in [1.807, 2.05) is 17.9 Å². The number of carbonyl (C=O) groups excluding carboxylic acids is 1. The number of ether oxygens (including phenoxy) is 1. The Kier molecular flexibility index (Phi) is 5.50. The number of carbonyl (C=O) groups is 1. The molecule has 1 aromatic rings. The van der Waals surface area contributed by atoms with Gasteiger partial charge in [0.2, 0.25) is 0 Å². The van der Waals surface area contributed by atoms with E-state index in [2.05, 4.69) is 27.2 Å². The van der Waals surface area contributed by atoms with E-state index in [0.29, 0.717) is 12.6 Å². The summed E-state index contributed by atoms with van der Waals surface area (Å²) in [6.07, 6.45) is 5.85. The van der Waals surface area contributed by atoms with Crippen molar-refractivity contribution in [2.75, 3.05) is 38.2 Å². The summed E-state index contributed by atoms with van der Waals surface area (Å²) in [5.74, 6) is 0.948. The van der Waals surface area contributed by atoms with Gasteiger partial charge in [0.1, 0.15) is 12.1 Å². The van der Waals surface area contributed by atoms with Crippen molar-refractivity contribution in [3.8, 4) is 0 Å². The van der Waals surface area contributed by atoms with E-state index in [0.717, 1.165) is 56.9 Å². The first kappa shape index (κ1) is 17.0. The number of nitrogens with zero attached hydrogens (tertiary/aromatic N) is 4. The van der Waals surface area contributed by atoms with Crippen LogP contribution in [0.15, 0.2) is 12.4 Å². The highest BCUT2D eigenvalue weighted by Crippen LogP contribution is 2.20. The monoisotopic (exact) mass is 333 g/mol. The molecule has 0 saturated carbocycles. The van der Waals surface area contributed by atoms with Gasteiger partial charge in [-0.15, -0.1) is 0 Å². The van der Waals surface area contributed by atoms with E-state index in [1.165, 1.54) is 0 Å². The lowest BCUT2D eigenvalue weighted by atomic mass is 10.0. The fourth-order valence-corrected chi connectivity index (χ4v) is 3.39. The summed E-state index contributed by atoms with van der Waals surface area (Å²) in [5.41, 5.74) is 0.970. The molecule has 0 spiro atoms. The van der Waals surface area contributed by atoms with Gasteiger partial charge in [-0.1, -0.05) is 0 Å². The average Bonchev–Trinajstić information content (AvgIpc) is 3.13. The van der Waals surface area contributed by atoms with Crippen LogP contribution >= 0.6 is 0 Å². The molecule has 3 rings (SSSR count). The van der Waals surface area contributed by atoms with Crippen LogP contribution in [0.3, 0.4) is 0 Å². The molecule has 0 aromatic carbocycles. The van der Waals surface area contributed by atoms with Crippen LogP contribution in [0.4, 0.5) is 10.6 Å². The quantitative estimate of drug-likeness (QED) is 0.906. The highest BCUT2D eigenvalue weighted by Gasteiger charge is 2.26. The molecular formula is C17H27N5O2. The molecule has 24 heavy (non-hydrogen) atoms. The molecule has 7 nitrogen and oxygen atoms in total. The van der Waals surface area contributed by atoms with Crippen molar-refractivity contribution in [2.45, 2.75) is 44.8 Å². The molecular weight excluding hydrogens is 306 g/mol. The van der Waals surface area contributed by atoms with Gasteiger partial charge in [0.15, 0.2) is 0 Å². The van der Waals surface area contributed by atoms with Crippen LogP contribution in [-0.4, -0.2) is 66.3 Å². The second kappa shape index (κ2) is 7.79. The summed E-state index contributed by atoms with van der Waals surface area (Å²) in [6.45, 7) is 4.96. The highest BCUT2D eigenvalue weighted by molar-refractivity contribution is 5.74. The molecule has 1 aromatic heterocycles. The van der Waals surface area contributed by atoms with Crippen molar-refractivity contribution in [1.29, 1.82) is 0 Å². The molecule has 7 heteroatoms. The third kappa shape index (κ3) is 4.14. The molecule has 1 unspecified atom stereocenters. The van der Waals surface area contributed by atoms with E-state index in [4.69, 9.17) is 4.74 Å². The Morgan fingerprint density at radius 3 is 2.83 bits per heavy atom. The highest BCUT2D eigenvalue weighted by atomic mass is 16.5. The topological polar surface area (TPSA) is 70.6 Å². The van der Waals surface area contributed by atoms with Crippen LogP contribution in [-0.2, 0) is 4.74 Å². The second-order valence-electron chi connectivity index (χ2n) is 6.67. The zero-order chi connectivity index (χ0) is 16.9. The standard InChI is InChI=1S/C17H27N5O2/c1-13-10-16(20-12-19-13)21(2)14-5-7-22(8-6-14)17(23)18-11-15-4-3-9-24-15/h10,12,14-15H,3-9,11H2,1-2H3,(H,18,23).